The zero-order valence-electron chi connectivity index (χ0n) is 16.3. The predicted molar refractivity (Wildman–Crippen MR) is 116 cm³/mol. The molecule has 5 rings (SSSR count). The van der Waals surface area contributed by atoms with Gasteiger partial charge in [0.25, 0.3) is 0 Å². The second kappa shape index (κ2) is 7.83. The molecule has 2 heterocycles. The average molecular weight is 412 g/mol. The van der Waals surface area contributed by atoms with Gasteiger partial charge in [-0.3, -0.25) is 15.6 Å². The minimum atomic E-state index is -0.328. The Bertz CT molecular complexity index is 1390. The monoisotopic (exact) mass is 412 g/mol. The van der Waals surface area contributed by atoms with E-state index >= 15 is 0 Å². The molecule has 0 spiro atoms. The van der Waals surface area contributed by atoms with E-state index in [0.717, 1.165) is 16.3 Å². The van der Waals surface area contributed by atoms with Gasteiger partial charge in [0.05, 0.1) is 23.7 Å². The van der Waals surface area contributed by atoms with Crippen LogP contribution in [0.2, 0.25) is 0 Å². The molecular weight excluding hydrogens is 395 g/mol. The standard InChI is InChI=1S/C23H17FN6O/c24-17-8-10-18(11-9-17)30-23-20(13-27-30)22(25-14-26-23)29-28-21(31)12-16-6-3-5-15-4-1-2-7-19(15)16/h1-11,13-14H,12H2,(H,28,31)(H,25,26,29). The Morgan fingerprint density at radius 1 is 0.935 bits per heavy atom. The van der Waals surface area contributed by atoms with Gasteiger partial charge in [-0.15, -0.1) is 0 Å². The summed E-state index contributed by atoms with van der Waals surface area (Å²) >= 11 is 0. The summed E-state index contributed by atoms with van der Waals surface area (Å²) in [7, 11) is 0. The molecule has 8 heteroatoms. The lowest BCUT2D eigenvalue weighted by atomic mass is 10.0. The van der Waals surface area contributed by atoms with E-state index in [-0.39, 0.29) is 18.1 Å². The molecule has 0 unspecified atom stereocenters. The normalized spacial score (nSPS) is 11.0. The molecule has 3 aromatic carbocycles. The van der Waals surface area contributed by atoms with Gasteiger partial charge in [-0.2, -0.15) is 5.10 Å². The highest BCUT2D eigenvalue weighted by atomic mass is 19.1. The summed E-state index contributed by atoms with van der Waals surface area (Å²) in [6.07, 6.45) is 3.19. The van der Waals surface area contributed by atoms with Crippen molar-refractivity contribution in [3.8, 4) is 5.69 Å². The van der Waals surface area contributed by atoms with Crippen LogP contribution in [0.1, 0.15) is 5.56 Å². The quantitative estimate of drug-likeness (QED) is 0.429. The predicted octanol–water partition coefficient (Wildman–Crippen LogP) is 3.79. The lowest BCUT2D eigenvalue weighted by Gasteiger charge is -2.10. The molecular formula is C23H17FN6O. The molecule has 0 aliphatic rings. The molecule has 0 saturated carbocycles. The van der Waals surface area contributed by atoms with Gasteiger partial charge in [0.15, 0.2) is 11.5 Å². The highest BCUT2D eigenvalue weighted by Gasteiger charge is 2.12. The third-order valence-electron chi connectivity index (χ3n) is 4.99. The Morgan fingerprint density at radius 2 is 1.74 bits per heavy atom. The van der Waals surface area contributed by atoms with E-state index in [0.29, 0.717) is 22.5 Å². The van der Waals surface area contributed by atoms with Gasteiger partial charge in [0.1, 0.15) is 12.1 Å². The van der Waals surface area contributed by atoms with Crippen molar-refractivity contribution in [2.24, 2.45) is 0 Å². The maximum atomic E-state index is 13.2. The summed E-state index contributed by atoms with van der Waals surface area (Å²) in [6, 6.07) is 19.8. The average Bonchev–Trinajstić information content (AvgIpc) is 3.23. The van der Waals surface area contributed by atoms with Crippen LogP contribution in [0, 0.1) is 5.82 Å². The number of aromatic nitrogens is 4. The van der Waals surface area contributed by atoms with E-state index in [1.165, 1.54) is 18.5 Å². The van der Waals surface area contributed by atoms with Crippen LogP contribution in [-0.4, -0.2) is 25.7 Å². The minimum Gasteiger partial charge on any atom is -0.281 e. The number of benzene rings is 3. The smallest absolute Gasteiger partial charge is 0.242 e. The van der Waals surface area contributed by atoms with Crippen LogP contribution in [0.15, 0.2) is 79.3 Å². The van der Waals surface area contributed by atoms with Crippen molar-refractivity contribution in [1.82, 2.24) is 25.2 Å². The Morgan fingerprint density at radius 3 is 2.61 bits per heavy atom. The van der Waals surface area contributed by atoms with Gasteiger partial charge in [0.2, 0.25) is 5.91 Å². The lowest BCUT2D eigenvalue weighted by Crippen LogP contribution is -2.31. The van der Waals surface area contributed by atoms with Gasteiger partial charge in [0, 0.05) is 0 Å². The molecule has 0 bridgehead atoms. The first-order chi connectivity index (χ1) is 15.2. The number of hydrazine groups is 1. The third kappa shape index (κ3) is 3.66. The minimum absolute atomic E-state index is 0.200. The number of halogens is 1. The van der Waals surface area contributed by atoms with Crippen LogP contribution in [0.5, 0.6) is 0 Å². The molecule has 0 aliphatic carbocycles. The van der Waals surface area contributed by atoms with E-state index in [9.17, 15) is 9.18 Å². The summed E-state index contributed by atoms with van der Waals surface area (Å²) in [4.78, 5) is 21.0. The van der Waals surface area contributed by atoms with Crippen molar-refractivity contribution in [2.75, 3.05) is 5.43 Å². The summed E-state index contributed by atoms with van der Waals surface area (Å²) in [5.74, 6) is -0.107. The van der Waals surface area contributed by atoms with Crippen LogP contribution in [-0.2, 0) is 11.2 Å². The fourth-order valence-electron chi connectivity index (χ4n) is 3.51. The van der Waals surface area contributed by atoms with Crippen molar-refractivity contribution < 1.29 is 9.18 Å². The zero-order valence-corrected chi connectivity index (χ0v) is 16.3. The Labute approximate surface area is 176 Å². The fourth-order valence-corrected chi connectivity index (χ4v) is 3.51. The summed E-state index contributed by atoms with van der Waals surface area (Å²) in [5.41, 5.74) is 7.70. The summed E-state index contributed by atoms with van der Waals surface area (Å²) in [6.45, 7) is 0. The van der Waals surface area contributed by atoms with E-state index in [2.05, 4.69) is 25.9 Å². The summed E-state index contributed by atoms with van der Waals surface area (Å²) in [5, 5.41) is 7.08. The topological polar surface area (TPSA) is 84.7 Å². The van der Waals surface area contributed by atoms with Gasteiger partial charge in [-0.05, 0) is 40.6 Å². The van der Waals surface area contributed by atoms with E-state index in [1.807, 2.05) is 42.5 Å². The molecule has 2 aromatic heterocycles. The third-order valence-corrected chi connectivity index (χ3v) is 4.99. The Balaban J connectivity index is 1.35. The van der Waals surface area contributed by atoms with Crippen molar-refractivity contribution in [2.45, 2.75) is 6.42 Å². The molecule has 0 saturated heterocycles. The molecule has 0 aliphatic heterocycles. The number of nitrogens with one attached hydrogen (secondary N) is 2. The Hall–Kier alpha value is -4.33. The largest absolute Gasteiger partial charge is 0.281 e. The molecule has 1 amide bonds. The van der Waals surface area contributed by atoms with Crippen LogP contribution < -0.4 is 10.9 Å². The second-order valence-corrected chi connectivity index (χ2v) is 6.98. The fraction of sp³-hybridized carbons (Fsp3) is 0.0435. The number of amides is 1. The second-order valence-electron chi connectivity index (χ2n) is 6.98. The number of carbonyl (C=O) groups is 1. The van der Waals surface area contributed by atoms with Gasteiger partial charge in [-0.1, -0.05) is 42.5 Å². The van der Waals surface area contributed by atoms with Gasteiger partial charge >= 0.3 is 0 Å². The van der Waals surface area contributed by atoms with Crippen molar-refractivity contribution in [3.63, 3.8) is 0 Å². The molecule has 152 valence electrons. The van der Waals surface area contributed by atoms with E-state index in [1.54, 1.807) is 23.0 Å². The molecule has 0 radical (unpaired) electrons. The van der Waals surface area contributed by atoms with Crippen molar-refractivity contribution in [3.05, 3.63) is 90.6 Å². The number of anilines is 1. The number of hydrogen-bond acceptors (Lipinski definition) is 5. The number of fused-ring (bicyclic) bond motifs is 2. The first-order valence-corrected chi connectivity index (χ1v) is 9.65. The van der Waals surface area contributed by atoms with E-state index < -0.39 is 0 Å². The molecule has 2 N–H and O–H groups in total. The highest BCUT2D eigenvalue weighted by Crippen LogP contribution is 2.22. The SMILES string of the molecule is O=C(Cc1cccc2ccccc12)NNc1ncnc2c1cnn2-c1ccc(F)cc1. The van der Waals surface area contributed by atoms with Gasteiger partial charge in [-0.25, -0.2) is 19.0 Å². The van der Waals surface area contributed by atoms with E-state index in [4.69, 9.17) is 0 Å². The molecule has 5 aromatic rings. The first kappa shape index (κ1) is 18.7. The molecule has 0 atom stereocenters. The molecule has 7 nitrogen and oxygen atoms in total. The number of hydrogen-bond donors (Lipinski definition) is 2. The molecule has 31 heavy (non-hydrogen) atoms. The summed E-state index contributed by atoms with van der Waals surface area (Å²) < 4.78 is 14.8. The molecule has 0 fully saturated rings. The van der Waals surface area contributed by atoms with Crippen LogP contribution >= 0.6 is 0 Å². The van der Waals surface area contributed by atoms with Gasteiger partial charge < -0.3 is 0 Å². The number of carbonyl (C=O) groups excluding carboxylic acids is 1. The maximum absolute atomic E-state index is 13.2. The lowest BCUT2D eigenvalue weighted by molar-refractivity contribution is -0.119. The first-order valence-electron chi connectivity index (χ1n) is 9.65. The van der Waals surface area contributed by atoms with Crippen LogP contribution in [0.3, 0.4) is 0 Å². The van der Waals surface area contributed by atoms with Crippen molar-refractivity contribution >= 4 is 33.5 Å². The maximum Gasteiger partial charge on any atom is 0.242 e. The zero-order chi connectivity index (χ0) is 21.2. The van der Waals surface area contributed by atoms with Crippen LogP contribution in [0.25, 0.3) is 27.5 Å². The number of rotatable bonds is 5. The Kier molecular flexibility index (Phi) is 4.72. The highest BCUT2D eigenvalue weighted by molar-refractivity contribution is 5.92. The van der Waals surface area contributed by atoms with Crippen LogP contribution in [0.4, 0.5) is 10.2 Å². The number of nitrogens with zero attached hydrogens (tertiary/aromatic N) is 4. The van der Waals surface area contributed by atoms with Crippen molar-refractivity contribution in [1.29, 1.82) is 0 Å².